The van der Waals surface area contributed by atoms with E-state index in [0.717, 1.165) is 65.7 Å². The van der Waals surface area contributed by atoms with Gasteiger partial charge in [0.15, 0.2) is 34.5 Å². The first-order valence-corrected chi connectivity index (χ1v) is 16.5. The number of ether oxygens (including phenoxy) is 6. The molecule has 0 aliphatic carbocycles. The maximum absolute atomic E-state index is 11.0. The van der Waals surface area contributed by atoms with E-state index in [9.17, 15) is 10.2 Å². The second-order valence-corrected chi connectivity index (χ2v) is 12.7. The minimum absolute atomic E-state index is 0.0148. The van der Waals surface area contributed by atoms with Crippen molar-refractivity contribution in [2.45, 2.75) is 37.8 Å². The Labute approximate surface area is 288 Å². The van der Waals surface area contributed by atoms with Gasteiger partial charge in [-0.1, -0.05) is 18.2 Å². The van der Waals surface area contributed by atoms with Crippen LogP contribution in [0.5, 0.6) is 51.7 Å². The lowest BCUT2D eigenvalue weighted by Gasteiger charge is -2.36. The summed E-state index contributed by atoms with van der Waals surface area (Å²) in [7, 11) is 12.1. The minimum Gasteiger partial charge on any atom is -0.504 e. The van der Waals surface area contributed by atoms with Crippen LogP contribution >= 0.6 is 0 Å². The van der Waals surface area contributed by atoms with Gasteiger partial charge in [-0.3, -0.25) is 9.80 Å². The van der Waals surface area contributed by atoms with Gasteiger partial charge in [-0.15, -0.1) is 0 Å². The molecule has 2 aliphatic heterocycles. The summed E-state index contributed by atoms with van der Waals surface area (Å²) < 4.78 is 34.1. The molecule has 2 atom stereocenters. The van der Waals surface area contributed by atoms with Crippen molar-refractivity contribution in [2.75, 3.05) is 62.7 Å². The number of fused-ring (bicyclic) bond motifs is 2. The van der Waals surface area contributed by atoms with Crippen LogP contribution in [-0.2, 0) is 25.7 Å². The van der Waals surface area contributed by atoms with Crippen molar-refractivity contribution in [3.8, 4) is 51.7 Å². The van der Waals surface area contributed by atoms with Gasteiger partial charge in [0.25, 0.3) is 0 Å². The number of benzene rings is 4. The van der Waals surface area contributed by atoms with Crippen LogP contribution in [-0.4, -0.2) is 82.7 Å². The molecule has 49 heavy (non-hydrogen) atoms. The van der Waals surface area contributed by atoms with Crippen LogP contribution in [0.4, 0.5) is 0 Å². The lowest BCUT2D eigenvalue weighted by atomic mass is 9.87. The second-order valence-electron chi connectivity index (χ2n) is 12.7. The van der Waals surface area contributed by atoms with Gasteiger partial charge in [0, 0.05) is 36.3 Å². The Morgan fingerprint density at radius 2 is 1.04 bits per heavy atom. The van der Waals surface area contributed by atoms with Gasteiger partial charge in [0.1, 0.15) is 5.75 Å². The quantitative estimate of drug-likeness (QED) is 0.185. The molecule has 260 valence electrons. The van der Waals surface area contributed by atoms with Crippen molar-refractivity contribution in [1.82, 2.24) is 9.80 Å². The highest BCUT2D eigenvalue weighted by molar-refractivity contribution is 5.61. The number of likely N-dealkylation sites (N-methyl/N-ethyl adjacent to an activating group) is 2. The summed E-state index contributed by atoms with van der Waals surface area (Å²) in [5.74, 6) is 4.05. The standard InChI is InChI=1S/C39H46N2O8/c1-40-16-14-26-28(21-34(45-4)38(47-6)36(26)42)30(40)18-23-8-11-25(12-9-23)49-33-20-24(10-13-32(33)44-3)19-31-29-22-35(46-5)39(48-7)37(43)27(29)15-17-41(31)2/h8-13,20-22,30-31,42-43H,14-19H2,1-7H3/t30-,31-/m0/s1. The molecule has 10 nitrogen and oxygen atoms in total. The summed E-state index contributed by atoms with van der Waals surface area (Å²) in [6.07, 6.45) is 2.90. The van der Waals surface area contributed by atoms with E-state index in [1.807, 2.05) is 36.4 Å². The smallest absolute Gasteiger partial charge is 0.203 e. The van der Waals surface area contributed by atoms with E-state index in [1.54, 1.807) is 35.5 Å². The predicted octanol–water partition coefficient (Wildman–Crippen LogP) is 6.48. The number of nitrogens with zero attached hydrogens (tertiary/aromatic N) is 2. The average molecular weight is 671 g/mol. The maximum Gasteiger partial charge on any atom is 0.203 e. The van der Waals surface area contributed by atoms with Crippen LogP contribution in [0.3, 0.4) is 0 Å². The molecular formula is C39H46N2O8. The minimum atomic E-state index is 0.0148. The summed E-state index contributed by atoms with van der Waals surface area (Å²) in [6, 6.07) is 18.2. The normalized spacial score (nSPS) is 17.5. The maximum atomic E-state index is 11.0. The molecule has 0 spiro atoms. The third-order valence-corrected chi connectivity index (χ3v) is 10.0. The van der Waals surface area contributed by atoms with Gasteiger partial charge in [-0.25, -0.2) is 0 Å². The molecule has 0 radical (unpaired) electrons. The van der Waals surface area contributed by atoms with Gasteiger partial charge in [0.2, 0.25) is 11.5 Å². The number of phenolic OH excluding ortho intramolecular Hbond substituents is 2. The summed E-state index contributed by atoms with van der Waals surface area (Å²) in [5.41, 5.74) is 6.08. The SMILES string of the molecule is COc1ccc(C[C@H]2c3cc(OC)c(OC)c(O)c3CCN2C)cc1Oc1ccc(C[C@H]2c3cc(OC)c(OC)c(O)c3CCN2C)cc1. The van der Waals surface area contributed by atoms with Crippen LogP contribution in [0, 0.1) is 0 Å². The van der Waals surface area contributed by atoms with E-state index in [2.05, 4.69) is 42.1 Å². The highest BCUT2D eigenvalue weighted by atomic mass is 16.5. The second kappa shape index (κ2) is 14.4. The zero-order chi connectivity index (χ0) is 34.8. The van der Waals surface area contributed by atoms with Gasteiger partial charge in [-0.05, 0) is 98.4 Å². The molecule has 2 N–H and O–H groups in total. The van der Waals surface area contributed by atoms with E-state index in [4.69, 9.17) is 28.4 Å². The van der Waals surface area contributed by atoms with Gasteiger partial charge in [0.05, 0.1) is 35.5 Å². The van der Waals surface area contributed by atoms with Crippen molar-refractivity contribution >= 4 is 0 Å². The predicted molar refractivity (Wildman–Crippen MR) is 187 cm³/mol. The van der Waals surface area contributed by atoms with Gasteiger partial charge < -0.3 is 38.6 Å². The van der Waals surface area contributed by atoms with Crippen molar-refractivity contribution < 1.29 is 38.6 Å². The molecule has 4 aromatic carbocycles. The summed E-state index contributed by atoms with van der Waals surface area (Å²) in [4.78, 5) is 4.61. The van der Waals surface area contributed by atoms with Crippen molar-refractivity contribution in [1.29, 1.82) is 0 Å². The van der Waals surface area contributed by atoms with E-state index in [0.29, 0.717) is 46.7 Å². The molecular weight excluding hydrogens is 624 g/mol. The first-order chi connectivity index (χ1) is 23.7. The number of aromatic hydroxyl groups is 2. The monoisotopic (exact) mass is 670 g/mol. The molecule has 10 heteroatoms. The molecule has 2 heterocycles. The van der Waals surface area contributed by atoms with Crippen molar-refractivity contribution in [2.24, 2.45) is 0 Å². The van der Waals surface area contributed by atoms with Crippen LogP contribution in [0.2, 0.25) is 0 Å². The number of rotatable bonds is 11. The third kappa shape index (κ3) is 6.50. The van der Waals surface area contributed by atoms with Crippen molar-refractivity contribution in [3.63, 3.8) is 0 Å². The zero-order valence-electron chi connectivity index (χ0n) is 29.3. The Kier molecular flexibility index (Phi) is 9.99. The fourth-order valence-corrected chi connectivity index (χ4v) is 7.28. The Hall–Kier alpha value is -4.80. The summed E-state index contributed by atoms with van der Waals surface area (Å²) >= 11 is 0. The fourth-order valence-electron chi connectivity index (χ4n) is 7.28. The fraction of sp³-hybridized carbons (Fsp3) is 0.385. The molecule has 0 unspecified atom stereocenters. The molecule has 0 aromatic heterocycles. The van der Waals surface area contributed by atoms with Crippen LogP contribution in [0.1, 0.15) is 45.5 Å². The summed E-state index contributed by atoms with van der Waals surface area (Å²) in [6.45, 7) is 1.63. The molecule has 0 saturated heterocycles. The lowest BCUT2D eigenvalue weighted by Crippen LogP contribution is -2.33. The number of methoxy groups -OCH3 is 5. The first kappa shape index (κ1) is 34.1. The molecule has 0 saturated carbocycles. The van der Waals surface area contributed by atoms with E-state index in [-0.39, 0.29) is 23.6 Å². The van der Waals surface area contributed by atoms with E-state index < -0.39 is 0 Å². The Morgan fingerprint density at radius 1 is 0.571 bits per heavy atom. The molecule has 6 rings (SSSR count). The number of hydrogen-bond acceptors (Lipinski definition) is 10. The van der Waals surface area contributed by atoms with Crippen LogP contribution in [0.15, 0.2) is 54.6 Å². The van der Waals surface area contributed by atoms with Crippen LogP contribution in [0.25, 0.3) is 0 Å². The zero-order valence-corrected chi connectivity index (χ0v) is 29.3. The Morgan fingerprint density at radius 3 is 1.51 bits per heavy atom. The number of phenols is 2. The highest BCUT2D eigenvalue weighted by Crippen LogP contribution is 2.48. The van der Waals surface area contributed by atoms with Gasteiger partial charge in [-0.2, -0.15) is 0 Å². The van der Waals surface area contributed by atoms with E-state index in [1.165, 1.54) is 0 Å². The Bertz CT molecular complexity index is 1810. The topological polar surface area (TPSA) is 102 Å². The molecule has 0 bridgehead atoms. The average Bonchev–Trinajstić information content (AvgIpc) is 3.11. The number of hydrogen-bond donors (Lipinski definition) is 2. The lowest BCUT2D eigenvalue weighted by molar-refractivity contribution is 0.224. The molecule has 4 aromatic rings. The highest BCUT2D eigenvalue weighted by Gasteiger charge is 2.32. The molecule has 0 amide bonds. The van der Waals surface area contributed by atoms with Crippen molar-refractivity contribution in [3.05, 3.63) is 88.0 Å². The first-order valence-electron chi connectivity index (χ1n) is 16.5. The molecule has 2 aliphatic rings. The third-order valence-electron chi connectivity index (χ3n) is 10.0. The largest absolute Gasteiger partial charge is 0.504 e. The van der Waals surface area contributed by atoms with Crippen LogP contribution < -0.4 is 28.4 Å². The Balaban J connectivity index is 1.22. The van der Waals surface area contributed by atoms with E-state index >= 15 is 0 Å². The summed E-state index contributed by atoms with van der Waals surface area (Å²) in [5, 5.41) is 22.0. The van der Waals surface area contributed by atoms with Gasteiger partial charge >= 0.3 is 0 Å². The molecule has 0 fully saturated rings.